The molecule has 0 aliphatic heterocycles. The summed E-state index contributed by atoms with van der Waals surface area (Å²) in [6.07, 6.45) is -0.985. The van der Waals surface area contributed by atoms with Crippen LogP contribution >= 0.6 is 42.1 Å². The maximum atomic E-state index is 14.2. The predicted molar refractivity (Wildman–Crippen MR) is 134 cm³/mol. The number of nitrogens with one attached hydrogen (secondary N) is 2. The van der Waals surface area contributed by atoms with Crippen LogP contribution in [0.4, 0.5) is 15.8 Å². The third-order valence-corrected chi connectivity index (χ3v) is 9.57. The molecule has 1 heterocycles. The van der Waals surface area contributed by atoms with Gasteiger partial charge < -0.3 is 14.7 Å². The SMILES string of the molecule is O=P(O)(CNS(=O)(=O)c1cc2c(Cl)ccc(Cl)c2s1)Oc1cc(Nc2ccccc2)ccc1F. The van der Waals surface area contributed by atoms with Gasteiger partial charge in [-0.1, -0.05) is 41.4 Å². The Morgan fingerprint density at radius 1 is 1.00 bits per heavy atom. The molecule has 4 aromatic rings. The van der Waals surface area contributed by atoms with Crippen LogP contribution in [0.25, 0.3) is 10.1 Å². The van der Waals surface area contributed by atoms with E-state index in [9.17, 15) is 22.3 Å². The molecule has 0 spiro atoms. The van der Waals surface area contributed by atoms with Gasteiger partial charge in [0.15, 0.2) is 11.6 Å². The Kier molecular flexibility index (Phi) is 7.21. The molecule has 0 saturated heterocycles. The summed E-state index contributed by atoms with van der Waals surface area (Å²) >= 11 is 13.1. The highest BCUT2D eigenvalue weighted by atomic mass is 35.5. The van der Waals surface area contributed by atoms with Crippen LogP contribution in [0.15, 0.2) is 70.9 Å². The molecule has 178 valence electrons. The minimum atomic E-state index is -4.62. The van der Waals surface area contributed by atoms with Crippen molar-refractivity contribution in [3.63, 3.8) is 0 Å². The Labute approximate surface area is 208 Å². The minimum Gasteiger partial charge on any atom is -0.420 e. The van der Waals surface area contributed by atoms with E-state index < -0.39 is 35.5 Å². The summed E-state index contributed by atoms with van der Waals surface area (Å²) in [4.78, 5) is 10.2. The van der Waals surface area contributed by atoms with Crippen molar-refractivity contribution in [1.29, 1.82) is 0 Å². The maximum Gasteiger partial charge on any atom is 0.391 e. The number of para-hydroxylation sites is 1. The summed E-state index contributed by atoms with van der Waals surface area (Å²) in [5.41, 5.74) is 1.12. The first-order valence-electron chi connectivity index (χ1n) is 9.54. The van der Waals surface area contributed by atoms with Gasteiger partial charge >= 0.3 is 7.60 Å². The van der Waals surface area contributed by atoms with Crippen molar-refractivity contribution in [3.8, 4) is 5.75 Å². The molecule has 34 heavy (non-hydrogen) atoms. The Balaban J connectivity index is 1.49. The van der Waals surface area contributed by atoms with Crippen LogP contribution in [0.2, 0.25) is 10.0 Å². The molecule has 0 aliphatic rings. The minimum absolute atomic E-state index is 0.155. The van der Waals surface area contributed by atoms with Crippen molar-refractivity contribution in [2.24, 2.45) is 0 Å². The monoisotopic (exact) mass is 560 g/mol. The predicted octanol–water partition coefficient (Wildman–Crippen LogP) is 6.59. The lowest BCUT2D eigenvalue weighted by atomic mass is 10.2. The van der Waals surface area contributed by atoms with E-state index in [0.717, 1.165) is 17.4 Å². The molecule has 13 heteroatoms. The zero-order valence-electron chi connectivity index (χ0n) is 17.0. The molecular weight excluding hydrogens is 545 g/mol. The molecule has 0 amide bonds. The molecule has 0 radical (unpaired) electrons. The average Bonchev–Trinajstić information content (AvgIpc) is 3.26. The van der Waals surface area contributed by atoms with Crippen molar-refractivity contribution in [2.75, 3.05) is 11.6 Å². The second kappa shape index (κ2) is 9.83. The highest BCUT2D eigenvalue weighted by Gasteiger charge is 2.28. The van der Waals surface area contributed by atoms with E-state index in [4.69, 9.17) is 27.7 Å². The molecule has 3 N–H and O–H groups in total. The number of sulfonamides is 1. The van der Waals surface area contributed by atoms with Crippen molar-refractivity contribution < 1.29 is 26.8 Å². The van der Waals surface area contributed by atoms with Crippen molar-refractivity contribution in [2.45, 2.75) is 4.21 Å². The van der Waals surface area contributed by atoms with Gasteiger partial charge in [0.25, 0.3) is 10.0 Å². The molecule has 1 atom stereocenters. The third-order valence-electron chi connectivity index (χ3n) is 4.51. The summed E-state index contributed by atoms with van der Waals surface area (Å²) < 4.78 is 59.5. The molecule has 0 fully saturated rings. The summed E-state index contributed by atoms with van der Waals surface area (Å²) in [5, 5.41) is 4.08. The number of fused-ring (bicyclic) bond motifs is 1. The van der Waals surface area contributed by atoms with E-state index in [2.05, 4.69) is 5.32 Å². The Hall–Kier alpha value is -2.17. The maximum absolute atomic E-state index is 14.2. The van der Waals surface area contributed by atoms with Crippen molar-refractivity contribution in [1.82, 2.24) is 4.72 Å². The number of hydrogen-bond donors (Lipinski definition) is 3. The van der Waals surface area contributed by atoms with Crippen LogP contribution in [0.1, 0.15) is 0 Å². The fraction of sp³-hybridized carbons (Fsp3) is 0.0476. The average molecular weight is 561 g/mol. The van der Waals surface area contributed by atoms with Gasteiger partial charge in [0.1, 0.15) is 10.5 Å². The van der Waals surface area contributed by atoms with E-state index in [0.29, 0.717) is 31.5 Å². The van der Waals surface area contributed by atoms with Crippen LogP contribution in [0, 0.1) is 5.82 Å². The highest BCUT2D eigenvalue weighted by molar-refractivity contribution is 7.92. The number of benzene rings is 3. The number of rotatable bonds is 8. The second-order valence-electron chi connectivity index (χ2n) is 7.01. The summed E-state index contributed by atoms with van der Waals surface area (Å²) in [5.74, 6) is -1.39. The fourth-order valence-corrected chi connectivity index (χ4v) is 7.43. The fourth-order valence-electron chi connectivity index (χ4n) is 2.93. The molecule has 1 aromatic heterocycles. The quantitative estimate of drug-likeness (QED) is 0.210. The van der Waals surface area contributed by atoms with Crippen LogP contribution in [-0.4, -0.2) is 19.6 Å². The van der Waals surface area contributed by atoms with Gasteiger partial charge in [0.05, 0.1) is 9.72 Å². The van der Waals surface area contributed by atoms with Crippen LogP contribution in [-0.2, 0) is 14.6 Å². The Morgan fingerprint density at radius 3 is 2.41 bits per heavy atom. The van der Waals surface area contributed by atoms with E-state index in [1.807, 2.05) is 10.8 Å². The molecule has 7 nitrogen and oxygen atoms in total. The molecule has 0 saturated carbocycles. The zero-order chi connectivity index (χ0) is 24.5. The Morgan fingerprint density at radius 2 is 1.71 bits per heavy atom. The van der Waals surface area contributed by atoms with E-state index >= 15 is 0 Å². The molecule has 0 aliphatic carbocycles. The van der Waals surface area contributed by atoms with E-state index in [1.54, 1.807) is 24.3 Å². The van der Waals surface area contributed by atoms with Gasteiger partial charge in [-0.2, -0.15) is 4.72 Å². The second-order valence-corrected chi connectivity index (χ2v) is 12.6. The van der Waals surface area contributed by atoms with Gasteiger partial charge in [0.2, 0.25) is 0 Å². The zero-order valence-corrected chi connectivity index (χ0v) is 21.1. The molecular formula is C21H16Cl2FN2O5PS2. The lowest BCUT2D eigenvalue weighted by molar-refractivity contribution is 0.368. The lowest BCUT2D eigenvalue weighted by Gasteiger charge is -2.15. The topological polar surface area (TPSA) is 105 Å². The van der Waals surface area contributed by atoms with Crippen molar-refractivity contribution in [3.05, 3.63) is 82.6 Å². The van der Waals surface area contributed by atoms with Crippen LogP contribution in [0.5, 0.6) is 5.75 Å². The molecule has 1 unspecified atom stereocenters. The Bertz CT molecular complexity index is 1480. The first kappa shape index (κ1) is 24.9. The smallest absolute Gasteiger partial charge is 0.391 e. The summed E-state index contributed by atoms with van der Waals surface area (Å²) in [6, 6.07) is 17.1. The van der Waals surface area contributed by atoms with E-state index in [1.165, 1.54) is 30.3 Å². The summed E-state index contributed by atoms with van der Waals surface area (Å²) in [6.45, 7) is 0. The van der Waals surface area contributed by atoms with E-state index in [-0.39, 0.29) is 4.21 Å². The van der Waals surface area contributed by atoms with Gasteiger partial charge in [-0.25, -0.2) is 17.4 Å². The molecule has 0 bridgehead atoms. The number of halogens is 3. The lowest BCUT2D eigenvalue weighted by Crippen LogP contribution is -2.25. The number of thiophene rings is 1. The molecule has 3 aromatic carbocycles. The standard InChI is InChI=1S/C21H16Cl2FN2O5PS2/c22-16-7-8-17(23)21-15(16)11-20(33-21)34(29,30)25-12-32(27,28)31-19-10-14(6-9-18(19)24)26-13-4-2-1-3-5-13/h1-11,25-26H,12H2,(H,27,28). The van der Waals surface area contributed by atoms with Crippen LogP contribution < -0.4 is 14.6 Å². The number of anilines is 2. The van der Waals surface area contributed by atoms with Gasteiger partial charge in [-0.15, -0.1) is 11.3 Å². The van der Waals surface area contributed by atoms with Crippen molar-refractivity contribution >= 4 is 73.6 Å². The first-order valence-corrected chi connectivity index (χ1v) is 14.4. The number of hydrogen-bond acceptors (Lipinski definition) is 6. The van der Waals surface area contributed by atoms with Gasteiger partial charge in [-0.05, 0) is 42.5 Å². The van der Waals surface area contributed by atoms with Gasteiger partial charge in [-0.3, -0.25) is 0 Å². The summed E-state index contributed by atoms with van der Waals surface area (Å²) in [7, 11) is -8.83. The third kappa shape index (κ3) is 5.72. The van der Waals surface area contributed by atoms with Gasteiger partial charge in [0, 0.05) is 27.8 Å². The normalized spacial score (nSPS) is 13.5. The largest absolute Gasteiger partial charge is 0.420 e. The first-order chi connectivity index (χ1) is 16.0. The van der Waals surface area contributed by atoms with Crippen LogP contribution in [0.3, 0.4) is 0 Å². The highest BCUT2D eigenvalue weighted by Crippen LogP contribution is 2.44. The molecule has 4 rings (SSSR count).